The Labute approximate surface area is 146 Å². The van der Waals surface area contributed by atoms with Crippen LogP contribution in [0.15, 0.2) is 24.3 Å². The minimum absolute atomic E-state index is 0.00556. The number of ether oxygens (including phenoxy) is 1. The van der Waals surface area contributed by atoms with Crippen molar-refractivity contribution in [2.24, 2.45) is 0 Å². The lowest BCUT2D eigenvalue weighted by Crippen LogP contribution is -2.50. The van der Waals surface area contributed by atoms with Gasteiger partial charge in [0.25, 0.3) is 0 Å². The van der Waals surface area contributed by atoms with E-state index in [4.69, 9.17) is 4.74 Å². The molecule has 2 N–H and O–H groups in total. The predicted octanol–water partition coefficient (Wildman–Crippen LogP) is 3.98. The van der Waals surface area contributed by atoms with E-state index in [1.54, 1.807) is 6.07 Å². The second-order valence-electron chi connectivity index (χ2n) is 6.97. The Morgan fingerprint density at radius 2 is 1.74 bits per heavy atom. The third-order valence-corrected chi connectivity index (χ3v) is 3.42. The fourth-order valence-corrected chi connectivity index (χ4v) is 2.19. The van der Waals surface area contributed by atoms with Crippen molar-refractivity contribution in [2.45, 2.75) is 45.8 Å². The Bertz CT molecular complexity index is 565. The highest BCUT2D eigenvalue weighted by atomic mass is 79.9. The van der Waals surface area contributed by atoms with Gasteiger partial charge >= 0.3 is 6.09 Å². The van der Waals surface area contributed by atoms with Crippen LogP contribution in [0.1, 0.15) is 45.0 Å². The Hall–Kier alpha value is -1.56. The molecule has 0 saturated heterocycles. The smallest absolute Gasteiger partial charge is 0.408 e. The van der Waals surface area contributed by atoms with Crippen LogP contribution in [0.2, 0.25) is 0 Å². The van der Waals surface area contributed by atoms with E-state index < -0.39 is 17.2 Å². The molecule has 0 bridgehead atoms. The zero-order chi connectivity index (χ0) is 17.7. The van der Waals surface area contributed by atoms with Crippen molar-refractivity contribution in [2.75, 3.05) is 17.2 Å². The molecule has 0 radical (unpaired) electrons. The molecule has 0 heterocycles. The minimum atomic E-state index is -0.539. The van der Waals surface area contributed by atoms with Gasteiger partial charge in [-0.05, 0) is 46.8 Å². The first-order chi connectivity index (χ1) is 10.5. The van der Waals surface area contributed by atoms with Crippen molar-refractivity contribution in [3.63, 3.8) is 0 Å². The SMILES string of the molecule is CC(C)(CNc1ccccc1C(=O)CBr)NC(=O)OC(C)(C)C. The van der Waals surface area contributed by atoms with Crippen molar-refractivity contribution >= 4 is 33.5 Å². The summed E-state index contributed by atoms with van der Waals surface area (Å²) >= 11 is 3.19. The van der Waals surface area contributed by atoms with Gasteiger partial charge in [-0.15, -0.1) is 0 Å². The van der Waals surface area contributed by atoms with Crippen molar-refractivity contribution in [1.82, 2.24) is 5.32 Å². The third kappa shape index (κ3) is 7.03. The molecule has 0 atom stereocenters. The van der Waals surface area contributed by atoms with Crippen LogP contribution in [0.5, 0.6) is 0 Å². The fourth-order valence-electron chi connectivity index (χ4n) is 1.89. The molecule has 0 aromatic heterocycles. The summed E-state index contributed by atoms with van der Waals surface area (Å²) in [6, 6.07) is 7.31. The highest BCUT2D eigenvalue weighted by Gasteiger charge is 2.24. The van der Waals surface area contributed by atoms with Gasteiger partial charge in [0.15, 0.2) is 5.78 Å². The second-order valence-corrected chi connectivity index (χ2v) is 7.53. The van der Waals surface area contributed by atoms with Crippen LogP contribution in [0.3, 0.4) is 0 Å². The summed E-state index contributed by atoms with van der Waals surface area (Å²) in [6.45, 7) is 9.69. The van der Waals surface area contributed by atoms with Gasteiger partial charge in [-0.3, -0.25) is 4.79 Å². The van der Waals surface area contributed by atoms with E-state index in [0.29, 0.717) is 12.1 Å². The second kappa shape index (κ2) is 7.81. The van der Waals surface area contributed by atoms with E-state index in [2.05, 4.69) is 26.6 Å². The van der Waals surface area contributed by atoms with Gasteiger partial charge in [-0.1, -0.05) is 28.1 Å². The maximum Gasteiger partial charge on any atom is 0.408 e. The highest BCUT2D eigenvalue weighted by molar-refractivity contribution is 9.09. The first kappa shape index (κ1) is 19.5. The van der Waals surface area contributed by atoms with Gasteiger partial charge in [-0.2, -0.15) is 0 Å². The van der Waals surface area contributed by atoms with Crippen molar-refractivity contribution in [3.8, 4) is 0 Å². The lowest BCUT2D eigenvalue weighted by Gasteiger charge is -2.29. The number of anilines is 1. The van der Waals surface area contributed by atoms with Crippen LogP contribution in [0.4, 0.5) is 10.5 Å². The number of Topliss-reactive ketones (excluding diaryl/α,β-unsaturated/α-hetero) is 1. The number of nitrogens with one attached hydrogen (secondary N) is 2. The predicted molar refractivity (Wildman–Crippen MR) is 96.5 cm³/mol. The maximum atomic E-state index is 11.9. The van der Waals surface area contributed by atoms with E-state index in [0.717, 1.165) is 5.69 Å². The number of carbonyl (C=O) groups excluding carboxylic acids is 2. The number of hydrogen-bond acceptors (Lipinski definition) is 4. The number of alkyl halides is 1. The van der Waals surface area contributed by atoms with Crippen molar-refractivity contribution in [1.29, 1.82) is 0 Å². The standard InChI is InChI=1S/C17H25BrN2O3/c1-16(2,3)23-15(22)20-17(4,5)11-19-13-9-7-6-8-12(13)14(21)10-18/h6-9,19H,10-11H2,1-5H3,(H,20,22). The van der Waals surface area contributed by atoms with Crippen LogP contribution in [-0.2, 0) is 4.74 Å². The van der Waals surface area contributed by atoms with E-state index in [9.17, 15) is 9.59 Å². The molecule has 6 heteroatoms. The zero-order valence-corrected chi connectivity index (χ0v) is 15.9. The summed E-state index contributed by atoms with van der Waals surface area (Å²) in [5.41, 5.74) is 0.295. The average molecular weight is 385 g/mol. The zero-order valence-electron chi connectivity index (χ0n) is 14.3. The van der Waals surface area contributed by atoms with Crippen LogP contribution in [0.25, 0.3) is 0 Å². The number of halogens is 1. The van der Waals surface area contributed by atoms with Crippen LogP contribution in [0, 0.1) is 0 Å². The summed E-state index contributed by atoms with van der Waals surface area (Å²) in [5.74, 6) is 0.00556. The molecular formula is C17H25BrN2O3. The maximum absolute atomic E-state index is 11.9. The molecule has 0 saturated carbocycles. The molecular weight excluding hydrogens is 360 g/mol. The molecule has 0 unspecified atom stereocenters. The van der Waals surface area contributed by atoms with Crippen LogP contribution < -0.4 is 10.6 Å². The van der Waals surface area contributed by atoms with Crippen LogP contribution in [-0.4, -0.2) is 34.9 Å². The van der Waals surface area contributed by atoms with Crippen molar-refractivity contribution < 1.29 is 14.3 Å². The molecule has 0 fully saturated rings. The Morgan fingerprint density at radius 3 is 2.30 bits per heavy atom. The molecule has 0 aliphatic heterocycles. The van der Waals surface area contributed by atoms with Gasteiger partial charge < -0.3 is 15.4 Å². The number of para-hydroxylation sites is 1. The van der Waals surface area contributed by atoms with Crippen molar-refractivity contribution in [3.05, 3.63) is 29.8 Å². The minimum Gasteiger partial charge on any atom is -0.444 e. The molecule has 1 rings (SSSR count). The van der Waals surface area contributed by atoms with Gasteiger partial charge in [0.1, 0.15) is 5.60 Å². The van der Waals surface area contributed by atoms with Gasteiger partial charge in [-0.25, -0.2) is 4.79 Å². The quantitative estimate of drug-likeness (QED) is 0.574. The average Bonchev–Trinajstić information content (AvgIpc) is 2.42. The summed E-state index contributed by atoms with van der Waals surface area (Å²) in [6.07, 6.45) is -0.464. The van der Waals surface area contributed by atoms with Gasteiger partial charge in [0.2, 0.25) is 0 Å². The summed E-state index contributed by atoms with van der Waals surface area (Å²) < 4.78 is 5.27. The van der Waals surface area contributed by atoms with E-state index in [-0.39, 0.29) is 11.1 Å². The monoisotopic (exact) mass is 384 g/mol. The molecule has 1 amide bonds. The number of hydrogen-bond donors (Lipinski definition) is 2. The van der Waals surface area contributed by atoms with E-state index in [1.165, 1.54) is 0 Å². The summed E-state index contributed by atoms with van der Waals surface area (Å²) in [4.78, 5) is 23.8. The Balaban J connectivity index is 2.70. The normalized spacial score (nSPS) is 11.7. The topological polar surface area (TPSA) is 67.4 Å². The number of rotatable bonds is 6. The number of amides is 1. The first-order valence-corrected chi connectivity index (χ1v) is 8.59. The number of alkyl carbamates (subject to hydrolysis) is 1. The lowest BCUT2D eigenvalue weighted by atomic mass is 10.0. The molecule has 0 aliphatic rings. The van der Waals surface area contributed by atoms with E-state index in [1.807, 2.05) is 52.8 Å². The Kier molecular flexibility index (Phi) is 6.62. The number of ketones is 1. The molecule has 0 spiro atoms. The van der Waals surface area contributed by atoms with Crippen LogP contribution >= 0.6 is 15.9 Å². The first-order valence-electron chi connectivity index (χ1n) is 7.47. The number of carbonyl (C=O) groups is 2. The third-order valence-electron chi connectivity index (χ3n) is 2.91. The molecule has 1 aromatic carbocycles. The summed E-state index contributed by atoms with van der Waals surface area (Å²) in [5, 5.41) is 6.32. The summed E-state index contributed by atoms with van der Waals surface area (Å²) in [7, 11) is 0. The molecule has 1 aromatic rings. The molecule has 128 valence electrons. The molecule has 23 heavy (non-hydrogen) atoms. The largest absolute Gasteiger partial charge is 0.444 e. The van der Waals surface area contributed by atoms with Gasteiger partial charge in [0.05, 0.1) is 10.9 Å². The molecule has 5 nitrogen and oxygen atoms in total. The number of benzene rings is 1. The fraction of sp³-hybridized carbons (Fsp3) is 0.529. The Morgan fingerprint density at radius 1 is 1.13 bits per heavy atom. The van der Waals surface area contributed by atoms with Gasteiger partial charge in [0, 0.05) is 17.8 Å². The lowest BCUT2D eigenvalue weighted by molar-refractivity contribution is 0.0477. The molecule has 0 aliphatic carbocycles. The van der Waals surface area contributed by atoms with E-state index >= 15 is 0 Å². The highest BCUT2D eigenvalue weighted by Crippen LogP contribution is 2.18.